The molecule has 0 spiro atoms. The molecule has 1 aromatic carbocycles. The van der Waals surface area contributed by atoms with Gasteiger partial charge in [-0.1, -0.05) is 12.1 Å². The van der Waals surface area contributed by atoms with E-state index < -0.39 is 17.3 Å². The van der Waals surface area contributed by atoms with Gasteiger partial charge in [-0.25, -0.2) is 0 Å². The lowest BCUT2D eigenvalue weighted by molar-refractivity contribution is -0.152. The first-order chi connectivity index (χ1) is 9.62. The van der Waals surface area contributed by atoms with Crippen LogP contribution in [0.3, 0.4) is 0 Å². The Balaban J connectivity index is 2.20. The Morgan fingerprint density at radius 1 is 1.19 bits per heavy atom. The molecule has 1 saturated heterocycles. The molecule has 2 amide bonds. The standard InChI is InChI=1S/C14H15F3N2O2/c1-13(2)12(21)18-7-11(20)19(13)8-9-3-5-10(6-4-9)14(15,16)17/h3-6H,7-8H2,1-2H3,(H,18,21). The van der Waals surface area contributed by atoms with Crippen LogP contribution in [0.2, 0.25) is 0 Å². The number of carbonyl (C=O) groups excluding carboxylic acids is 2. The summed E-state index contributed by atoms with van der Waals surface area (Å²) in [7, 11) is 0. The molecule has 1 heterocycles. The highest BCUT2D eigenvalue weighted by Crippen LogP contribution is 2.29. The van der Waals surface area contributed by atoms with E-state index in [1.54, 1.807) is 13.8 Å². The Morgan fingerprint density at radius 3 is 2.29 bits per heavy atom. The van der Waals surface area contributed by atoms with Gasteiger partial charge in [-0.15, -0.1) is 0 Å². The predicted octanol–water partition coefficient (Wildman–Crippen LogP) is 1.94. The van der Waals surface area contributed by atoms with Gasteiger partial charge in [0.1, 0.15) is 5.54 Å². The summed E-state index contributed by atoms with van der Waals surface area (Å²) in [5.41, 5.74) is -1.23. The molecule has 0 saturated carbocycles. The summed E-state index contributed by atoms with van der Waals surface area (Å²) < 4.78 is 37.5. The largest absolute Gasteiger partial charge is 0.416 e. The van der Waals surface area contributed by atoms with Crippen molar-refractivity contribution in [2.45, 2.75) is 32.1 Å². The second kappa shape index (κ2) is 5.05. The average molecular weight is 300 g/mol. The topological polar surface area (TPSA) is 49.4 Å². The molecule has 21 heavy (non-hydrogen) atoms. The van der Waals surface area contributed by atoms with Crippen molar-refractivity contribution in [1.29, 1.82) is 0 Å². The van der Waals surface area contributed by atoms with Crippen molar-refractivity contribution in [3.05, 3.63) is 35.4 Å². The minimum absolute atomic E-state index is 0.0943. The summed E-state index contributed by atoms with van der Waals surface area (Å²) >= 11 is 0. The number of piperazine rings is 1. The lowest BCUT2D eigenvalue weighted by atomic mass is 9.97. The second-order valence-electron chi connectivity index (χ2n) is 5.42. The Labute approximate surface area is 119 Å². The van der Waals surface area contributed by atoms with E-state index in [-0.39, 0.29) is 24.9 Å². The maximum atomic E-state index is 12.5. The van der Waals surface area contributed by atoms with Crippen LogP contribution >= 0.6 is 0 Å². The van der Waals surface area contributed by atoms with Crippen molar-refractivity contribution in [2.24, 2.45) is 0 Å². The third-order valence-electron chi connectivity index (χ3n) is 3.55. The SMILES string of the molecule is CC1(C)C(=O)NCC(=O)N1Cc1ccc(C(F)(F)F)cc1. The fourth-order valence-corrected chi connectivity index (χ4v) is 2.17. The molecular formula is C14H15F3N2O2. The van der Waals surface area contributed by atoms with Crippen molar-refractivity contribution in [3.63, 3.8) is 0 Å². The van der Waals surface area contributed by atoms with Crippen molar-refractivity contribution in [1.82, 2.24) is 10.2 Å². The number of carbonyl (C=O) groups is 2. The third-order valence-corrected chi connectivity index (χ3v) is 3.55. The summed E-state index contributed by atoms with van der Waals surface area (Å²) in [5, 5.41) is 2.49. The number of hydrogen-bond acceptors (Lipinski definition) is 2. The smallest absolute Gasteiger partial charge is 0.345 e. The van der Waals surface area contributed by atoms with Crippen molar-refractivity contribution >= 4 is 11.8 Å². The predicted molar refractivity (Wildman–Crippen MR) is 69.1 cm³/mol. The number of halogens is 3. The van der Waals surface area contributed by atoms with Gasteiger partial charge < -0.3 is 10.2 Å². The van der Waals surface area contributed by atoms with Crippen molar-refractivity contribution in [2.75, 3.05) is 6.54 Å². The zero-order chi connectivity index (χ0) is 15.8. The molecule has 1 aliphatic heterocycles. The highest BCUT2D eigenvalue weighted by atomic mass is 19.4. The first kappa shape index (κ1) is 15.3. The zero-order valence-corrected chi connectivity index (χ0v) is 11.6. The quantitative estimate of drug-likeness (QED) is 0.907. The van der Waals surface area contributed by atoms with E-state index in [0.717, 1.165) is 12.1 Å². The van der Waals surface area contributed by atoms with Gasteiger partial charge in [0.25, 0.3) is 0 Å². The van der Waals surface area contributed by atoms with Crippen molar-refractivity contribution < 1.29 is 22.8 Å². The molecule has 4 nitrogen and oxygen atoms in total. The number of nitrogens with one attached hydrogen (secondary N) is 1. The van der Waals surface area contributed by atoms with E-state index in [1.165, 1.54) is 17.0 Å². The number of benzene rings is 1. The summed E-state index contributed by atoms with van der Waals surface area (Å²) in [6.45, 7) is 3.20. The lowest BCUT2D eigenvalue weighted by Gasteiger charge is -2.41. The molecule has 0 unspecified atom stereocenters. The van der Waals surface area contributed by atoms with Crippen LogP contribution < -0.4 is 5.32 Å². The van der Waals surface area contributed by atoms with E-state index in [4.69, 9.17) is 0 Å². The number of amides is 2. The van der Waals surface area contributed by atoms with Gasteiger partial charge >= 0.3 is 6.18 Å². The van der Waals surface area contributed by atoms with Gasteiger partial charge in [0, 0.05) is 6.54 Å². The van der Waals surface area contributed by atoms with Crippen LogP contribution in [0.4, 0.5) is 13.2 Å². The molecule has 114 valence electrons. The Bertz CT molecular complexity index is 565. The van der Waals surface area contributed by atoms with E-state index in [0.29, 0.717) is 5.56 Å². The molecule has 1 fully saturated rings. The highest BCUT2D eigenvalue weighted by molar-refractivity contribution is 5.97. The third kappa shape index (κ3) is 3.01. The molecule has 0 radical (unpaired) electrons. The number of nitrogens with zero attached hydrogens (tertiary/aromatic N) is 1. The van der Waals surface area contributed by atoms with Gasteiger partial charge in [0.2, 0.25) is 11.8 Å². The Kier molecular flexibility index (Phi) is 3.69. The normalized spacial score (nSPS) is 18.6. The molecule has 0 aliphatic carbocycles. The van der Waals surface area contributed by atoms with Crippen LogP contribution in [0.15, 0.2) is 24.3 Å². The molecule has 1 aliphatic rings. The molecule has 1 aromatic rings. The van der Waals surface area contributed by atoms with Gasteiger partial charge in [-0.2, -0.15) is 13.2 Å². The molecule has 7 heteroatoms. The van der Waals surface area contributed by atoms with Crippen LogP contribution in [0.5, 0.6) is 0 Å². The Morgan fingerprint density at radius 2 is 1.76 bits per heavy atom. The van der Waals surface area contributed by atoms with Crippen molar-refractivity contribution in [3.8, 4) is 0 Å². The van der Waals surface area contributed by atoms with Crippen LogP contribution in [0.1, 0.15) is 25.0 Å². The first-order valence-electron chi connectivity index (χ1n) is 6.37. The van der Waals surface area contributed by atoms with Crippen LogP contribution in [0, 0.1) is 0 Å². The molecule has 1 N–H and O–H groups in total. The summed E-state index contributed by atoms with van der Waals surface area (Å²) in [4.78, 5) is 25.1. The van der Waals surface area contributed by atoms with Gasteiger partial charge in [0.05, 0.1) is 12.1 Å². The number of hydrogen-bond donors (Lipinski definition) is 1. The summed E-state index contributed by atoms with van der Waals surface area (Å²) in [6.07, 6.45) is -4.39. The fraction of sp³-hybridized carbons (Fsp3) is 0.429. The average Bonchev–Trinajstić information content (AvgIpc) is 2.39. The molecule has 0 bridgehead atoms. The van der Waals surface area contributed by atoms with Crippen LogP contribution in [-0.4, -0.2) is 28.8 Å². The van der Waals surface area contributed by atoms with Crippen LogP contribution in [-0.2, 0) is 22.3 Å². The maximum absolute atomic E-state index is 12.5. The Hall–Kier alpha value is -2.05. The van der Waals surface area contributed by atoms with E-state index in [2.05, 4.69) is 5.32 Å². The molecule has 2 rings (SSSR count). The fourth-order valence-electron chi connectivity index (χ4n) is 2.17. The summed E-state index contributed by atoms with van der Waals surface area (Å²) in [6, 6.07) is 4.57. The van der Waals surface area contributed by atoms with E-state index in [9.17, 15) is 22.8 Å². The second-order valence-corrected chi connectivity index (χ2v) is 5.42. The minimum Gasteiger partial charge on any atom is -0.345 e. The number of rotatable bonds is 2. The van der Waals surface area contributed by atoms with E-state index in [1.807, 2.05) is 0 Å². The monoisotopic (exact) mass is 300 g/mol. The van der Waals surface area contributed by atoms with Gasteiger partial charge in [-0.05, 0) is 31.5 Å². The maximum Gasteiger partial charge on any atom is 0.416 e. The molecule has 0 aromatic heterocycles. The highest BCUT2D eigenvalue weighted by Gasteiger charge is 2.41. The first-order valence-corrected chi connectivity index (χ1v) is 6.37. The van der Waals surface area contributed by atoms with Gasteiger partial charge in [0.15, 0.2) is 0 Å². The molecule has 0 atom stereocenters. The minimum atomic E-state index is -4.39. The van der Waals surface area contributed by atoms with Crippen LogP contribution in [0.25, 0.3) is 0 Å². The zero-order valence-electron chi connectivity index (χ0n) is 11.6. The molecular weight excluding hydrogens is 285 g/mol. The summed E-state index contributed by atoms with van der Waals surface area (Å²) in [5.74, 6) is -0.548. The number of alkyl halides is 3. The van der Waals surface area contributed by atoms with E-state index >= 15 is 0 Å². The van der Waals surface area contributed by atoms with Gasteiger partial charge in [-0.3, -0.25) is 9.59 Å². The lowest BCUT2D eigenvalue weighted by Crippen LogP contribution is -2.63.